The summed E-state index contributed by atoms with van der Waals surface area (Å²) in [4.78, 5) is 12.5. The molecule has 3 N–H and O–H groups in total. The minimum absolute atomic E-state index is 0.0150. The molecule has 0 saturated heterocycles. The second kappa shape index (κ2) is 5.95. The van der Waals surface area contributed by atoms with E-state index in [1.165, 1.54) is 5.56 Å². The quantitative estimate of drug-likeness (QED) is 0.743. The molecular formula is C19H22N2O2. The van der Waals surface area contributed by atoms with Crippen LogP contribution in [0, 0.1) is 6.92 Å². The number of amides is 1. The van der Waals surface area contributed by atoms with Crippen molar-refractivity contribution in [3.8, 4) is 5.75 Å². The largest absolute Gasteiger partial charge is 0.508 e. The number of phenolic OH excluding ortho intramolecular Hbond substituents is 1. The fourth-order valence-corrected chi connectivity index (χ4v) is 2.82. The van der Waals surface area contributed by atoms with Gasteiger partial charge in [-0.05, 0) is 56.0 Å². The van der Waals surface area contributed by atoms with E-state index in [-0.39, 0.29) is 23.2 Å². The summed E-state index contributed by atoms with van der Waals surface area (Å²) in [5, 5.41) is 15.9. The van der Waals surface area contributed by atoms with E-state index in [0.29, 0.717) is 0 Å². The van der Waals surface area contributed by atoms with Gasteiger partial charge in [0.1, 0.15) is 11.8 Å². The Bertz CT molecular complexity index is 709. The van der Waals surface area contributed by atoms with Gasteiger partial charge in [-0.1, -0.05) is 30.3 Å². The Morgan fingerprint density at radius 1 is 1.17 bits per heavy atom. The van der Waals surface area contributed by atoms with E-state index < -0.39 is 0 Å². The lowest BCUT2D eigenvalue weighted by Crippen LogP contribution is -2.43. The molecule has 0 spiro atoms. The number of benzene rings is 2. The lowest BCUT2D eigenvalue weighted by atomic mass is 10.0. The van der Waals surface area contributed by atoms with Crippen molar-refractivity contribution >= 4 is 11.6 Å². The van der Waals surface area contributed by atoms with E-state index in [4.69, 9.17) is 0 Å². The zero-order valence-electron chi connectivity index (χ0n) is 13.5. The summed E-state index contributed by atoms with van der Waals surface area (Å²) in [5.41, 5.74) is 2.74. The minimum Gasteiger partial charge on any atom is -0.508 e. The second-order valence-corrected chi connectivity index (χ2v) is 6.30. The van der Waals surface area contributed by atoms with Gasteiger partial charge in [0.25, 0.3) is 0 Å². The van der Waals surface area contributed by atoms with Crippen LogP contribution in [0.3, 0.4) is 0 Å². The molecular weight excluding hydrogens is 288 g/mol. The van der Waals surface area contributed by atoms with Crippen molar-refractivity contribution in [1.29, 1.82) is 0 Å². The van der Waals surface area contributed by atoms with Crippen molar-refractivity contribution in [3.05, 3.63) is 59.7 Å². The lowest BCUT2D eigenvalue weighted by molar-refractivity contribution is -0.122. The third-order valence-corrected chi connectivity index (χ3v) is 4.41. The predicted octanol–water partition coefficient (Wildman–Crippen LogP) is 3.31. The molecule has 1 atom stereocenters. The molecule has 0 aromatic heterocycles. The Morgan fingerprint density at radius 3 is 2.48 bits per heavy atom. The number of carbonyl (C=O) groups excluding carboxylic acids is 1. The molecule has 3 rings (SSSR count). The van der Waals surface area contributed by atoms with E-state index in [2.05, 4.69) is 22.8 Å². The summed E-state index contributed by atoms with van der Waals surface area (Å²) in [5.74, 6) is 0.213. The SMILES string of the molecule is Cc1cc(O)ccc1NC(C)C(=O)NC1(c2ccccc2)CC1. The molecule has 23 heavy (non-hydrogen) atoms. The monoisotopic (exact) mass is 310 g/mol. The number of carbonyl (C=O) groups is 1. The number of anilines is 1. The highest BCUT2D eigenvalue weighted by atomic mass is 16.3. The molecule has 1 aliphatic rings. The molecule has 1 amide bonds. The topological polar surface area (TPSA) is 61.4 Å². The molecule has 2 aromatic rings. The van der Waals surface area contributed by atoms with Crippen LogP contribution in [-0.4, -0.2) is 17.1 Å². The van der Waals surface area contributed by atoms with Gasteiger partial charge in [-0.25, -0.2) is 0 Å². The summed E-state index contributed by atoms with van der Waals surface area (Å²) in [6, 6.07) is 14.9. The number of aromatic hydroxyl groups is 1. The van der Waals surface area contributed by atoms with Crippen LogP contribution in [0.2, 0.25) is 0 Å². The molecule has 2 aromatic carbocycles. The molecule has 0 heterocycles. The fraction of sp³-hybridized carbons (Fsp3) is 0.316. The van der Waals surface area contributed by atoms with E-state index >= 15 is 0 Å². The van der Waals surface area contributed by atoms with Crippen molar-refractivity contribution in [2.24, 2.45) is 0 Å². The smallest absolute Gasteiger partial charge is 0.242 e. The number of aryl methyl sites for hydroxylation is 1. The first-order valence-electron chi connectivity index (χ1n) is 7.94. The number of rotatable bonds is 5. The van der Waals surface area contributed by atoms with Crippen LogP contribution < -0.4 is 10.6 Å². The molecule has 1 aliphatic carbocycles. The Kier molecular flexibility index (Phi) is 3.99. The third-order valence-electron chi connectivity index (χ3n) is 4.41. The highest BCUT2D eigenvalue weighted by Gasteiger charge is 2.46. The highest BCUT2D eigenvalue weighted by molar-refractivity contribution is 5.85. The van der Waals surface area contributed by atoms with Crippen LogP contribution in [0.25, 0.3) is 0 Å². The fourth-order valence-electron chi connectivity index (χ4n) is 2.82. The maximum absolute atomic E-state index is 12.5. The summed E-state index contributed by atoms with van der Waals surface area (Å²) >= 11 is 0. The summed E-state index contributed by atoms with van der Waals surface area (Å²) < 4.78 is 0. The maximum Gasteiger partial charge on any atom is 0.242 e. The van der Waals surface area contributed by atoms with E-state index in [1.807, 2.05) is 32.0 Å². The van der Waals surface area contributed by atoms with Gasteiger partial charge in [0.15, 0.2) is 0 Å². The van der Waals surface area contributed by atoms with Crippen LogP contribution in [0.4, 0.5) is 5.69 Å². The van der Waals surface area contributed by atoms with Crippen molar-refractivity contribution in [1.82, 2.24) is 5.32 Å². The van der Waals surface area contributed by atoms with Gasteiger partial charge in [0, 0.05) is 5.69 Å². The Morgan fingerprint density at radius 2 is 1.87 bits per heavy atom. The predicted molar refractivity (Wildman–Crippen MR) is 91.4 cm³/mol. The van der Waals surface area contributed by atoms with Gasteiger partial charge < -0.3 is 15.7 Å². The molecule has 1 fully saturated rings. The lowest BCUT2D eigenvalue weighted by Gasteiger charge is -2.22. The van der Waals surface area contributed by atoms with E-state index in [0.717, 1.165) is 24.1 Å². The van der Waals surface area contributed by atoms with Crippen LogP contribution in [0.5, 0.6) is 5.75 Å². The summed E-state index contributed by atoms with van der Waals surface area (Å²) in [6.07, 6.45) is 1.96. The van der Waals surface area contributed by atoms with Crippen molar-refractivity contribution < 1.29 is 9.90 Å². The Hall–Kier alpha value is -2.49. The average Bonchev–Trinajstić information content (AvgIpc) is 3.31. The third kappa shape index (κ3) is 3.31. The van der Waals surface area contributed by atoms with Crippen LogP contribution >= 0.6 is 0 Å². The van der Waals surface area contributed by atoms with Gasteiger partial charge in [-0.15, -0.1) is 0 Å². The maximum atomic E-state index is 12.5. The standard InChI is InChI=1S/C19H22N2O2/c1-13-12-16(22)8-9-17(13)20-14(2)18(23)21-19(10-11-19)15-6-4-3-5-7-15/h3-9,12,14,20,22H,10-11H2,1-2H3,(H,21,23). The number of hydrogen-bond acceptors (Lipinski definition) is 3. The van der Waals surface area contributed by atoms with Crippen LogP contribution in [0.1, 0.15) is 30.9 Å². The average molecular weight is 310 g/mol. The molecule has 1 unspecified atom stereocenters. The number of phenols is 1. The molecule has 120 valence electrons. The Labute approximate surface area is 136 Å². The van der Waals surface area contributed by atoms with Crippen LogP contribution in [-0.2, 0) is 10.3 Å². The zero-order chi connectivity index (χ0) is 16.4. The molecule has 0 bridgehead atoms. The Balaban J connectivity index is 1.66. The highest BCUT2D eigenvalue weighted by Crippen LogP contribution is 2.45. The first-order chi connectivity index (χ1) is 11.0. The van der Waals surface area contributed by atoms with Crippen molar-refractivity contribution in [3.63, 3.8) is 0 Å². The van der Waals surface area contributed by atoms with Gasteiger partial charge in [-0.3, -0.25) is 4.79 Å². The molecule has 0 radical (unpaired) electrons. The van der Waals surface area contributed by atoms with E-state index in [9.17, 15) is 9.90 Å². The van der Waals surface area contributed by atoms with Gasteiger partial charge in [0.05, 0.1) is 5.54 Å². The van der Waals surface area contributed by atoms with Gasteiger partial charge >= 0.3 is 0 Å². The molecule has 0 aliphatic heterocycles. The minimum atomic E-state index is -0.348. The van der Waals surface area contributed by atoms with Crippen molar-refractivity contribution in [2.75, 3.05) is 5.32 Å². The van der Waals surface area contributed by atoms with Crippen molar-refractivity contribution in [2.45, 2.75) is 38.3 Å². The van der Waals surface area contributed by atoms with Gasteiger partial charge in [0.2, 0.25) is 5.91 Å². The first kappa shape index (κ1) is 15.4. The normalized spacial score (nSPS) is 16.4. The molecule has 1 saturated carbocycles. The first-order valence-corrected chi connectivity index (χ1v) is 7.94. The summed E-state index contributed by atoms with van der Waals surface area (Å²) in [6.45, 7) is 3.75. The van der Waals surface area contributed by atoms with E-state index in [1.54, 1.807) is 18.2 Å². The second-order valence-electron chi connectivity index (χ2n) is 6.30. The number of hydrogen-bond donors (Lipinski definition) is 3. The summed E-state index contributed by atoms with van der Waals surface area (Å²) in [7, 11) is 0. The van der Waals surface area contributed by atoms with Gasteiger partial charge in [-0.2, -0.15) is 0 Å². The zero-order valence-corrected chi connectivity index (χ0v) is 13.5. The van der Waals surface area contributed by atoms with Crippen LogP contribution in [0.15, 0.2) is 48.5 Å². The molecule has 4 heteroatoms. The number of nitrogens with one attached hydrogen (secondary N) is 2. The molecule has 4 nitrogen and oxygen atoms in total.